The van der Waals surface area contributed by atoms with E-state index in [1.165, 1.54) is 12.1 Å². The van der Waals surface area contributed by atoms with Crippen molar-refractivity contribution in [1.29, 1.82) is 0 Å². The first-order valence-electron chi connectivity index (χ1n) is 5.28. The van der Waals surface area contributed by atoms with Crippen LogP contribution in [0.3, 0.4) is 0 Å². The van der Waals surface area contributed by atoms with Gasteiger partial charge in [-0.1, -0.05) is 0 Å². The predicted octanol–water partition coefficient (Wildman–Crippen LogP) is -1.22. The molecule has 1 aromatic rings. The van der Waals surface area contributed by atoms with Crippen molar-refractivity contribution in [2.45, 2.75) is 18.9 Å². The number of hydrogen-bond donors (Lipinski definition) is 3. The highest BCUT2D eigenvalue weighted by Crippen LogP contribution is 2.05. The summed E-state index contributed by atoms with van der Waals surface area (Å²) in [6, 6.07) is 2.56. The zero-order valence-electron chi connectivity index (χ0n) is 9.03. The van der Waals surface area contributed by atoms with Crippen molar-refractivity contribution in [2.24, 2.45) is 0 Å². The summed E-state index contributed by atoms with van der Waals surface area (Å²) >= 11 is 0. The first kappa shape index (κ1) is 11.3. The van der Waals surface area contributed by atoms with Gasteiger partial charge in [-0.15, -0.1) is 0 Å². The number of aromatic nitrogens is 2. The highest BCUT2D eigenvalue weighted by Gasteiger charge is 2.21. The molecule has 2 amide bonds. The highest BCUT2D eigenvalue weighted by molar-refractivity contribution is 5.92. The van der Waals surface area contributed by atoms with E-state index < -0.39 is 0 Å². The molecule has 0 spiro atoms. The van der Waals surface area contributed by atoms with Crippen molar-refractivity contribution in [2.75, 3.05) is 6.54 Å². The van der Waals surface area contributed by atoms with Crippen LogP contribution in [-0.4, -0.2) is 34.6 Å². The molecule has 1 saturated heterocycles. The molecular formula is C10H12N4O3. The number of nitrogens with zero attached hydrogens (tertiary/aromatic N) is 1. The fraction of sp³-hybridized carbons (Fsp3) is 0.400. The molecule has 1 fully saturated rings. The first-order chi connectivity index (χ1) is 8.15. The van der Waals surface area contributed by atoms with E-state index in [0.29, 0.717) is 13.0 Å². The molecule has 1 atom stereocenters. The third kappa shape index (κ3) is 2.90. The molecule has 0 bridgehead atoms. The van der Waals surface area contributed by atoms with E-state index in [-0.39, 0.29) is 29.1 Å². The third-order valence-electron chi connectivity index (χ3n) is 2.51. The summed E-state index contributed by atoms with van der Waals surface area (Å²) in [5.74, 6) is -0.367. The Bertz CT molecular complexity index is 476. The van der Waals surface area contributed by atoms with Gasteiger partial charge in [0.15, 0.2) is 0 Å². The van der Waals surface area contributed by atoms with Crippen LogP contribution in [0.25, 0.3) is 0 Å². The van der Waals surface area contributed by atoms with Gasteiger partial charge in [0.25, 0.3) is 11.5 Å². The van der Waals surface area contributed by atoms with Gasteiger partial charge >= 0.3 is 0 Å². The van der Waals surface area contributed by atoms with E-state index in [9.17, 15) is 14.4 Å². The van der Waals surface area contributed by atoms with Gasteiger partial charge in [0, 0.05) is 25.1 Å². The normalized spacial score (nSPS) is 18.8. The Morgan fingerprint density at radius 3 is 2.88 bits per heavy atom. The van der Waals surface area contributed by atoms with Crippen molar-refractivity contribution in [3.05, 3.63) is 28.2 Å². The third-order valence-corrected chi connectivity index (χ3v) is 2.51. The van der Waals surface area contributed by atoms with E-state index in [1.54, 1.807) is 0 Å². The van der Waals surface area contributed by atoms with Crippen molar-refractivity contribution in [3.8, 4) is 0 Å². The summed E-state index contributed by atoms with van der Waals surface area (Å²) in [7, 11) is 0. The number of carbonyl (C=O) groups excluding carboxylic acids is 2. The molecule has 7 nitrogen and oxygen atoms in total. The number of amides is 2. The topological polar surface area (TPSA) is 104 Å². The molecule has 90 valence electrons. The van der Waals surface area contributed by atoms with Crippen LogP contribution in [0.15, 0.2) is 16.9 Å². The van der Waals surface area contributed by atoms with Crippen molar-refractivity contribution in [3.63, 3.8) is 0 Å². The molecule has 0 aromatic carbocycles. The van der Waals surface area contributed by atoms with E-state index in [1.807, 2.05) is 0 Å². The van der Waals surface area contributed by atoms with Gasteiger partial charge in [-0.2, -0.15) is 5.10 Å². The van der Waals surface area contributed by atoms with Crippen LogP contribution in [0, 0.1) is 0 Å². The molecule has 2 rings (SSSR count). The fourth-order valence-electron chi connectivity index (χ4n) is 1.61. The highest BCUT2D eigenvalue weighted by atomic mass is 16.2. The number of hydrogen-bond acceptors (Lipinski definition) is 4. The summed E-state index contributed by atoms with van der Waals surface area (Å²) < 4.78 is 0. The quantitative estimate of drug-likeness (QED) is 0.611. The standard InChI is InChI=1S/C10H12N4O3/c15-8-3-1-6(12-8)5-11-10(17)7-2-4-9(16)14-13-7/h2,4,6H,1,3,5H2,(H,11,17)(H,12,15)(H,14,16). The second-order valence-electron chi connectivity index (χ2n) is 3.82. The predicted molar refractivity (Wildman–Crippen MR) is 58.4 cm³/mol. The maximum atomic E-state index is 11.6. The minimum Gasteiger partial charge on any atom is -0.352 e. The molecule has 1 aliphatic rings. The van der Waals surface area contributed by atoms with Crippen molar-refractivity contribution < 1.29 is 9.59 Å². The lowest BCUT2D eigenvalue weighted by molar-refractivity contribution is -0.119. The van der Waals surface area contributed by atoms with Crippen LogP contribution >= 0.6 is 0 Å². The average Bonchev–Trinajstić information content (AvgIpc) is 2.73. The SMILES string of the molecule is O=C1CCC(CNC(=O)c2ccc(=O)[nH]n2)N1. The lowest BCUT2D eigenvalue weighted by Gasteiger charge is -2.10. The zero-order chi connectivity index (χ0) is 12.3. The van der Waals surface area contributed by atoms with E-state index in [2.05, 4.69) is 20.8 Å². The van der Waals surface area contributed by atoms with Gasteiger partial charge in [0.1, 0.15) is 5.69 Å². The van der Waals surface area contributed by atoms with Crippen LogP contribution in [0.1, 0.15) is 23.3 Å². The van der Waals surface area contributed by atoms with Gasteiger partial charge in [-0.3, -0.25) is 14.4 Å². The van der Waals surface area contributed by atoms with E-state index >= 15 is 0 Å². The average molecular weight is 236 g/mol. The van der Waals surface area contributed by atoms with Crippen LogP contribution in [0.5, 0.6) is 0 Å². The van der Waals surface area contributed by atoms with Gasteiger partial charge in [0.05, 0.1) is 0 Å². The molecule has 1 aliphatic heterocycles. The van der Waals surface area contributed by atoms with Crippen molar-refractivity contribution >= 4 is 11.8 Å². The van der Waals surface area contributed by atoms with Crippen molar-refractivity contribution in [1.82, 2.24) is 20.8 Å². The minimum absolute atomic E-state index is 0.00594. The summed E-state index contributed by atoms with van der Waals surface area (Å²) in [5, 5.41) is 11.2. The Morgan fingerprint density at radius 1 is 1.47 bits per heavy atom. The molecule has 2 heterocycles. The first-order valence-corrected chi connectivity index (χ1v) is 5.28. The Balaban J connectivity index is 1.87. The molecule has 1 unspecified atom stereocenters. The van der Waals surface area contributed by atoms with E-state index in [0.717, 1.165) is 6.42 Å². The molecule has 1 aromatic heterocycles. The summed E-state index contributed by atoms with van der Waals surface area (Å²) in [5.41, 5.74) is -0.210. The molecule has 17 heavy (non-hydrogen) atoms. The van der Waals surface area contributed by atoms with E-state index in [4.69, 9.17) is 0 Å². The Labute approximate surface area is 96.6 Å². The Morgan fingerprint density at radius 2 is 2.29 bits per heavy atom. The van der Waals surface area contributed by atoms with Crippen LogP contribution in [0.4, 0.5) is 0 Å². The second-order valence-corrected chi connectivity index (χ2v) is 3.82. The molecular weight excluding hydrogens is 224 g/mol. The van der Waals surface area contributed by atoms with Gasteiger partial charge < -0.3 is 10.6 Å². The number of carbonyl (C=O) groups is 2. The van der Waals surface area contributed by atoms with Gasteiger partial charge in [-0.05, 0) is 12.5 Å². The maximum absolute atomic E-state index is 11.6. The molecule has 0 aliphatic carbocycles. The fourth-order valence-corrected chi connectivity index (χ4v) is 1.61. The van der Waals surface area contributed by atoms with Crippen LogP contribution in [-0.2, 0) is 4.79 Å². The second kappa shape index (κ2) is 4.77. The molecule has 7 heteroatoms. The lowest BCUT2D eigenvalue weighted by atomic mass is 10.2. The lowest BCUT2D eigenvalue weighted by Crippen LogP contribution is -2.38. The number of nitrogens with one attached hydrogen (secondary N) is 3. The van der Waals surface area contributed by atoms with Gasteiger partial charge in [-0.25, -0.2) is 5.10 Å². The minimum atomic E-state index is -0.373. The van der Waals surface area contributed by atoms with Crippen LogP contribution < -0.4 is 16.2 Å². The number of rotatable bonds is 3. The monoisotopic (exact) mass is 236 g/mol. The molecule has 3 N–H and O–H groups in total. The molecule has 0 saturated carbocycles. The van der Waals surface area contributed by atoms with Gasteiger partial charge in [0.2, 0.25) is 5.91 Å². The number of H-pyrrole nitrogens is 1. The van der Waals surface area contributed by atoms with Crippen LogP contribution in [0.2, 0.25) is 0 Å². The summed E-state index contributed by atoms with van der Waals surface area (Å²) in [4.78, 5) is 33.3. The summed E-state index contributed by atoms with van der Waals surface area (Å²) in [6.07, 6.45) is 1.22. The smallest absolute Gasteiger partial charge is 0.271 e. The Hall–Kier alpha value is -2.18. The Kier molecular flexibility index (Phi) is 3.17. The summed E-state index contributed by atoms with van der Waals surface area (Å²) in [6.45, 7) is 0.366. The maximum Gasteiger partial charge on any atom is 0.271 e. The zero-order valence-corrected chi connectivity index (χ0v) is 9.03. The molecule has 0 radical (unpaired) electrons. The largest absolute Gasteiger partial charge is 0.352 e. The number of aromatic amines is 1.